The SMILES string of the molecule is COC(=O)NCCCC(=O)N1CCCCC[C@H]1c1ccc(C)o1. The number of methoxy groups -OCH3 is 1. The number of rotatable bonds is 5. The first-order chi connectivity index (χ1) is 11.1. The lowest BCUT2D eigenvalue weighted by molar-refractivity contribution is -0.134. The van der Waals surface area contributed by atoms with Crippen molar-refractivity contribution in [2.45, 2.75) is 51.5 Å². The van der Waals surface area contributed by atoms with Gasteiger partial charge in [0.1, 0.15) is 11.5 Å². The number of ether oxygens (including phenoxy) is 1. The Kier molecular flexibility index (Phi) is 6.50. The molecular formula is C17H26N2O4. The Balaban J connectivity index is 1.93. The van der Waals surface area contributed by atoms with Gasteiger partial charge in [0.05, 0.1) is 13.2 Å². The molecule has 2 heterocycles. The number of carbonyl (C=O) groups is 2. The molecule has 0 radical (unpaired) electrons. The quantitative estimate of drug-likeness (QED) is 0.845. The second-order valence-corrected chi connectivity index (χ2v) is 5.92. The number of nitrogens with zero attached hydrogens (tertiary/aromatic N) is 1. The third kappa shape index (κ3) is 5.01. The van der Waals surface area contributed by atoms with E-state index in [1.54, 1.807) is 0 Å². The average molecular weight is 322 g/mol. The van der Waals surface area contributed by atoms with Crippen LogP contribution in [0.2, 0.25) is 0 Å². The molecule has 0 aromatic carbocycles. The predicted molar refractivity (Wildman–Crippen MR) is 86.0 cm³/mol. The average Bonchev–Trinajstić information content (AvgIpc) is 2.83. The molecule has 0 saturated carbocycles. The lowest BCUT2D eigenvalue weighted by atomic mass is 10.1. The molecular weight excluding hydrogens is 296 g/mol. The lowest BCUT2D eigenvalue weighted by Gasteiger charge is -2.28. The van der Waals surface area contributed by atoms with E-state index in [4.69, 9.17) is 4.42 Å². The van der Waals surface area contributed by atoms with E-state index in [-0.39, 0.29) is 11.9 Å². The van der Waals surface area contributed by atoms with Crippen LogP contribution in [0.5, 0.6) is 0 Å². The van der Waals surface area contributed by atoms with Crippen LogP contribution >= 0.6 is 0 Å². The van der Waals surface area contributed by atoms with Gasteiger partial charge in [-0.2, -0.15) is 0 Å². The highest BCUT2D eigenvalue weighted by Crippen LogP contribution is 2.31. The van der Waals surface area contributed by atoms with Crippen LogP contribution in [-0.4, -0.2) is 37.1 Å². The number of furan rings is 1. The molecule has 0 aliphatic carbocycles. The van der Waals surface area contributed by atoms with Crippen molar-refractivity contribution in [1.82, 2.24) is 10.2 Å². The van der Waals surface area contributed by atoms with Crippen LogP contribution < -0.4 is 5.32 Å². The van der Waals surface area contributed by atoms with Crippen LogP contribution in [0.25, 0.3) is 0 Å². The fourth-order valence-electron chi connectivity index (χ4n) is 2.98. The van der Waals surface area contributed by atoms with Crippen LogP contribution in [0, 0.1) is 6.92 Å². The molecule has 1 saturated heterocycles. The molecule has 23 heavy (non-hydrogen) atoms. The van der Waals surface area contributed by atoms with Crippen molar-refractivity contribution >= 4 is 12.0 Å². The Morgan fingerprint density at radius 3 is 2.87 bits per heavy atom. The first-order valence-electron chi connectivity index (χ1n) is 8.29. The summed E-state index contributed by atoms with van der Waals surface area (Å²) in [5.41, 5.74) is 0. The van der Waals surface area contributed by atoms with Gasteiger partial charge in [-0.1, -0.05) is 12.8 Å². The maximum Gasteiger partial charge on any atom is 0.406 e. The van der Waals surface area contributed by atoms with Gasteiger partial charge in [-0.25, -0.2) is 4.79 Å². The van der Waals surface area contributed by atoms with Crippen LogP contribution in [-0.2, 0) is 9.53 Å². The molecule has 1 aliphatic rings. The fourth-order valence-corrected chi connectivity index (χ4v) is 2.98. The topological polar surface area (TPSA) is 71.8 Å². The van der Waals surface area contributed by atoms with Crippen molar-refractivity contribution < 1.29 is 18.7 Å². The summed E-state index contributed by atoms with van der Waals surface area (Å²) < 4.78 is 10.3. The molecule has 0 unspecified atom stereocenters. The van der Waals surface area contributed by atoms with Gasteiger partial charge in [-0.05, 0) is 38.3 Å². The monoisotopic (exact) mass is 322 g/mol. The highest BCUT2D eigenvalue weighted by Gasteiger charge is 2.28. The molecule has 0 bridgehead atoms. The van der Waals surface area contributed by atoms with E-state index >= 15 is 0 Å². The zero-order chi connectivity index (χ0) is 16.7. The van der Waals surface area contributed by atoms with Gasteiger partial charge in [0.15, 0.2) is 0 Å². The van der Waals surface area contributed by atoms with E-state index < -0.39 is 6.09 Å². The molecule has 2 amide bonds. The van der Waals surface area contributed by atoms with Crippen LogP contribution in [0.15, 0.2) is 16.5 Å². The lowest BCUT2D eigenvalue weighted by Crippen LogP contribution is -2.35. The molecule has 1 atom stereocenters. The van der Waals surface area contributed by atoms with Crippen molar-refractivity contribution in [2.24, 2.45) is 0 Å². The molecule has 1 N–H and O–H groups in total. The molecule has 1 aliphatic heterocycles. The number of hydrogen-bond acceptors (Lipinski definition) is 4. The summed E-state index contributed by atoms with van der Waals surface area (Å²) in [5, 5.41) is 2.60. The number of carbonyl (C=O) groups excluding carboxylic acids is 2. The van der Waals surface area contributed by atoms with E-state index in [2.05, 4.69) is 10.1 Å². The van der Waals surface area contributed by atoms with Gasteiger partial charge < -0.3 is 19.4 Å². The van der Waals surface area contributed by atoms with Gasteiger partial charge in [0, 0.05) is 19.5 Å². The van der Waals surface area contributed by atoms with E-state index in [0.717, 1.165) is 43.7 Å². The Morgan fingerprint density at radius 1 is 1.35 bits per heavy atom. The Morgan fingerprint density at radius 2 is 2.17 bits per heavy atom. The molecule has 6 nitrogen and oxygen atoms in total. The van der Waals surface area contributed by atoms with Crippen molar-refractivity contribution in [2.75, 3.05) is 20.2 Å². The Hall–Kier alpha value is -1.98. The second-order valence-electron chi connectivity index (χ2n) is 5.92. The standard InChI is InChI=1S/C17H26N2O4/c1-13-9-10-15(23-13)14-7-4-3-5-12-19(14)16(20)8-6-11-18-17(21)22-2/h9-10,14H,3-8,11-12H2,1-2H3,(H,18,21)/t14-/m0/s1. The predicted octanol–water partition coefficient (Wildman–Crippen LogP) is 3.17. The molecule has 1 aromatic rings. The number of alkyl carbamates (subject to hydrolysis) is 1. The smallest absolute Gasteiger partial charge is 0.406 e. The number of likely N-dealkylation sites (tertiary alicyclic amines) is 1. The summed E-state index contributed by atoms with van der Waals surface area (Å²) in [7, 11) is 1.33. The fraction of sp³-hybridized carbons (Fsp3) is 0.647. The summed E-state index contributed by atoms with van der Waals surface area (Å²) in [4.78, 5) is 25.5. The van der Waals surface area contributed by atoms with Crippen LogP contribution in [0.1, 0.15) is 56.1 Å². The van der Waals surface area contributed by atoms with E-state index in [1.807, 2.05) is 24.0 Å². The maximum atomic E-state index is 12.6. The van der Waals surface area contributed by atoms with Gasteiger partial charge >= 0.3 is 6.09 Å². The molecule has 128 valence electrons. The van der Waals surface area contributed by atoms with Gasteiger partial charge in [-0.3, -0.25) is 4.79 Å². The van der Waals surface area contributed by atoms with Gasteiger partial charge in [-0.15, -0.1) is 0 Å². The molecule has 1 fully saturated rings. The van der Waals surface area contributed by atoms with Crippen LogP contribution in [0.4, 0.5) is 4.79 Å². The van der Waals surface area contributed by atoms with Gasteiger partial charge in [0.25, 0.3) is 0 Å². The number of amides is 2. The van der Waals surface area contributed by atoms with E-state index in [1.165, 1.54) is 7.11 Å². The minimum atomic E-state index is -0.462. The first-order valence-corrected chi connectivity index (χ1v) is 8.29. The maximum absolute atomic E-state index is 12.6. The number of nitrogens with one attached hydrogen (secondary N) is 1. The Labute approximate surface area is 137 Å². The highest BCUT2D eigenvalue weighted by molar-refractivity contribution is 5.76. The van der Waals surface area contributed by atoms with E-state index in [9.17, 15) is 9.59 Å². The molecule has 1 aromatic heterocycles. The van der Waals surface area contributed by atoms with Crippen molar-refractivity contribution in [3.8, 4) is 0 Å². The summed E-state index contributed by atoms with van der Waals surface area (Å²) in [5.74, 6) is 1.88. The Bertz CT molecular complexity index is 526. The number of aryl methyl sites for hydroxylation is 1. The highest BCUT2D eigenvalue weighted by atomic mass is 16.5. The second kappa shape index (κ2) is 8.60. The molecule has 6 heteroatoms. The normalized spacial score (nSPS) is 18.3. The van der Waals surface area contributed by atoms with Gasteiger partial charge in [0.2, 0.25) is 5.91 Å². The van der Waals surface area contributed by atoms with Crippen LogP contribution in [0.3, 0.4) is 0 Å². The summed E-state index contributed by atoms with van der Waals surface area (Å²) in [6.07, 6.45) is 4.79. The van der Waals surface area contributed by atoms with Crippen molar-refractivity contribution in [3.05, 3.63) is 23.7 Å². The molecule has 0 spiro atoms. The summed E-state index contributed by atoms with van der Waals surface area (Å²) >= 11 is 0. The molecule has 2 rings (SSSR count). The van der Waals surface area contributed by atoms with Crippen molar-refractivity contribution in [1.29, 1.82) is 0 Å². The largest absolute Gasteiger partial charge is 0.464 e. The first kappa shape index (κ1) is 17.4. The zero-order valence-electron chi connectivity index (χ0n) is 14.0. The third-order valence-corrected chi connectivity index (χ3v) is 4.18. The van der Waals surface area contributed by atoms with Crippen molar-refractivity contribution in [3.63, 3.8) is 0 Å². The van der Waals surface area contributed by atoms with E-state index in [0.29, 0.717) is 19.4 Å². The zero-order valence-corrected chi connectivity index (χ0v) is 14.0. The minimum Gasteiger partial charge on any atom is -0.464 e. The minimum absolute atomic E-state index is 0.0345. The summed E-state index contributed by atoms with van der Waals surface area (Å²) in [6.45, 7) is 3.13. The number of hydrogen-bond donors (Lipinski definition) is 1. The third-order valence-electron chi connectivity index (χ3n) is 4.18. The summed E-state index contributed by atoms with van der Waals surface area (Å²) in [6, 6.07) is 3.96.